The second-order valence-corrected chi connectivity index (χ2v) is 5.06. The summed E-state index contributed by atoms with van der Waals surface area (Å²) in [6, 6.07) is 16.7. The van der Waals surface area contributed by atoms with Gasteiger partial charge in [-0.3, -0.25) is 0 Å². The third-order valence-corrected chi connectivity index (χ3v) is 3.83. The van der Waals surface area contributed by atoms with E-state index in [1.807, 2.05) is 13.0 Å². The Hall–Kier alpha value is -2.48. The van der Waals surface area contributed by atoms with Crippen molar-refractivity contribution in [2.75, 3.05) is 7.11 Å². The molecule has 4 aromatic rings. The maximum absolute atomic E-state index is 5.92. The van der Waals surface area contributed by atoms with Gasteiger partial charge in [0.2, 0.25) is 0 Å². The Bertz CT molecular complexity index is 948. The fourth-order valence-corrected chi connectivity index (χ4v) is 2.94. The van der Waals surface area contributed by atoms with Crippen LogP contribution in [0.4, 0.5) is 0 Å². The molecule has 0 unspecified atom stereocenters. The molecule has 0 aliphatic carbocycles. The largest absolute Gasteiger partial charge is 0.497 e. The fraction of sp³-hybridized carbons (Fsp3) is 0.111. The van der Waals surface area contributed by atoms with Gasteiger partial charge < -0.3 is 9.15 Å². The van der Waals surface area contributed by atoms with E-state index in [-0.39, 0.29) is 0 Å². The quantitative estimate of drug-likeness (QED) is 0.447. The molecule has 0 N–H and O–H groups in total. The molecule has 0 fully saturated rings. The molecule has 20 heavy (non-hydrogen) atoms. The number of hydrogen-bond acceptors (Lipinski definition) is 2. The number of methoxy groups -OCH3 is 1. The highest BCUT2D eigenvalue weighted by molar-refractivity contribution is 6.24. The molecule has 98 valence electrons. The lowest BCUT2D eigenvalue weighted by molar-refractivity contribution is 0.415. The first-order valence-corrected chi connectivity index (χ1v) is 6.66. The Kier molecular flexibility index (Phi) is 2.27. The topological polar surface area (TPSA) is 22.4 Å². The van der Waals surface area contributed by atoms with E-state index < -0.39 is 0 Å². The zero-order valence-corrected chi connectivity index (χ0v) is 11.4. The summed E-state index contributed by atoms with van der Waals surface area (Å²) in [7, 11) is 1.69. The number of furan rings is 1. The van der Waals surface area contributed by atoms with E-state index in [1.54, 1.807) is 7.11 Å². The van der Waals surface area contributed by atoms with Crippen molar-refractivity contribution in [1.82, 2.24) is 0 Å². The molecule has 0 saturated heterocycles. The van der Waals surface area contributed by atoms with E-state index in [0.717, 1.165) is 22.5 Å². The van der Waals surface area contributed by atoms with E-state index in [9.17, 15) is 0 Å². The Labute approximate surface area is 116 Å². The predicted molar refractivity (Wildman–Crippen MR) is 82.5 cm³/mol. The molecule has 0 bridgehead atoms. The molecule has 0 atom stereocenters. The molecule has 2 heteroatoms. The van der Waals surface area contributed by atoms with Crippen molar-refractivity contribution in [2.45, 2.75) is 6.92 Å². The number of fused-ring (bicyclic) bond motifs is 6. The minimum atomic E-state index is 0.866. The first kappa shape index (κ1) is 11.4. The van der Waals surface area contributed by atoms with E-state index >= 15 is 0 Å². The van der Waals surface area contributed by atoms with E-state index in [0.29, 0.717) is 0 Å². The first-order chi connectivity index (χ1) is 9.78. The van der Waals surface area contributed by atoms with Crippen LogP contribution < -0.4 is 4.74 Å². The van der Waals surface area contributed by atoms with Crippen molar-refractivity contribution in [3.63, 3.8) is 0 Å². The molecule has 0 aliphatic rings. The van der Waals surface area contributed by atoms with E-state index in [2.05, 4.69) is 42.5 Å². The summed E-state index contributed by atoms with van der Waals surface area (Å²) >= 11 is 0. The summed E-state index contributed by atoms with van der Waals surface area (Å²) in [4.78, 5) is 0. The Morgan fingerprint density at radius 3 is 2.30 bits per heavy atom. The molecular formula is C18H14O2. The van der Waals surface area contributed by atoms with Crippen molar-refractivity contribution in [1.29, 1.82) is 0 Å². The van der Waals surface area contributed by atoms with Crippen molar-refractivity contribution in [3.8, 4) is 5.75 Å². The van der Waals surface area contributed by atoms with Crippen LogP contribution in [0.1, 0.15) is 5.76 Å². The summed E-state index contributed by atoms with van der Waals surface area (Å²) in [5.74, 6) is 1.80. The summed E-state index contributed by atoms with van der Waals surface area (Å²) in [5, 5.41) is 5.93. The van der Waals surface area contributed by atoms with Crippen LogP contribution in [0.25, 0.3) is 32.5 Å². The summed E-state index contributed by atoms with van der Waals surface area (Å²) in [6.45, 7) is 1.99. The zero-order chi connectivity index (χ0) is 13.7. The summed E-state index contributed by atoms with van der Waals surface area (Å²) in [6.07, 6.45) is 0. The highest BCUT2D eigenvalue weighted by atomic mass is 16.5. The highest BCUT2D eigenvalue weighted by Crippen LogP contribution is 2.37. The van der Waals surface area contributed by atoms with Crippen molar-refractivity contribution in [2.24, 2.45) is 0 Å². The van der Waals surface area contributed by atoms with Crippen LogP contribution in [0.15, 0.2) is 52.9 Å². The highest BCUT2D eigenvalue weighted by Gasteiger charge is 2.12. The number of ether oxygens (including phenoxy) is 1. The minimum absolute atomic E-state index is 0.866. The second-order valence-electron chi connectivity index (χ2n) is 5.06. The zero-order valence-electron chi connectivity index (χ0n) is 11.4. The molecule has 0 aliphatic heterocycles. The summed E-state index contributed by atoms with van der Waals surface area (Å²) in [5.41, 5.74) is 0.957. The molecule has 1 heterocycles. The molecule has 0 spiro atoms. The van der Waals surface area contributed by atoms with Crippen LogP contribution in [-0.4, -0.2) is 7.11 Å². The van der Waals surface area contributed by atoms with Gasteiger partial charge in [-0.25, -0.2) is 0 Å². The van der Waals surface area contributed by atoms with Gasteiger partial charge in [-0.05, 0) is 47.3 Å². The molecule has 1 aromatic heterocycles. The van der Waals surface area contributed by atoms with E-state index in [4.69, 9.17) is 9.15 Å². The Balaban J connectivity index is 2.34. The number of hydrogen-bond donors (Lipinski definition) is 0. The van der Waals surface area contributed by atoms with Gasteiger partial charge in [0.25, 0.3) is 0 Å². The average molecular weight is 262 g/mol. The number of rotatable bonds is 1. The van der Waals surface area contributed by atoms with Gasteiger partial charge in [0.1, 0.15) is 17.1 Å². The van der Waals surface area contributed by atoms with Gasteiger partial charge in [0.15, 0.2) is 0 Å². The maximum atomic E-state index is 5.92. The third kappa shape index (κ3) is 1.45. The second kappa shape index (κ2) is 4.01. The van der Waals surface area contributed by atoms with Crippen LogP contribution in [0.5, 0.6) is 5.75 Å². The average Bonchev–Trinajstić information content (AvgIpc) is 2.89. The lowest BCUT2D eigenvalue weighted by Crippen LogP contribution is -1.84. The molecule has 3 aromatic carbocycles. The normalized spacial score (nSPS) is 11.5. The SMILES string of the molecule is COc1ccc2c(c1)c1ccccc1c1cc(C)oc21. The Morgan fingerprint density at radius 1 is 0.800 bits per heavy atom. The van der Waals surface area contributed by atoms with Crippen LogP contribution in [0.3, 0.4) is 0 Å². The van der Waals surface area contributed by atoms with Crippen molar-refractivity contribution >= 4 is 32.5 Å². The van der Waals surface area contributed by atoms with Gasteiger partial charge in [0, 0.05) is 10.8 Å². The standard InChI is InChI=1S/C18H14O2/c1-11-9-17-14-6-4-3-5-13(14)16-10-12(19-2)7-8-15(16)18(17)20-11/h3-10H,1-2H3. The summed E-state index contributed by atoms with van der Waals surface area (Å²) < 4.78 is 11.3. The molecule has 0 saturated carbocycles. The van der Waals surface area contributed by atoms with Gasteiger partial charge in [-0.1, -0.05) is 24.3 Å². The van der Waals surface area contributed by atoms with Crippen molar-refractivity contribution < 1.29 is 9.15 Å². The first-order valence-electron chi connectivity index (χ1n) is 6.66. The molecule has 2 nitrogen and oxygen atoms in total. The fourth-order valence-electron chi connectivity index (χ4n) is 2.94. The monoisotopic (exact) mass is 262 g/mol. The minimum Gasteiger partial charge on any atom is -0.497 e. The van der Waals surface area contributed by atoms with Crippen molar-refractivity contribution in [3.05, 3.63) is 54.3 Å². The molecule has 4 rings (SSSR count). The van der Waals surface area contributed by atoms with Crippen LogP contribution in [-0.2, 0) is 0 Å². The van der Waals surface area contributed by atoms with Gasteiger partial charge in [-0.2, -0.15) is 0 Å². The van der Waals surface area contributed by atoms with Crippen LogP contribution >= 0.6 is 0 Å². The van der Waals surface area contributed by atoms with Crippen LogP contribution in [0.2, 0.25) is 0 Å². The van der Waals surface area contributed by atoms with Gasteiger partial charge in [-0.15, -0.1) is 0 Å². The lowest BCUT2D eigenvalue weighted by atomic mass is 9.98. The van der Waals surface area contributed by atoms with Gasteiger partial charge >= 0.3 is 0 Å². The van der Waals surface area contributed by atoms with Gasteiger partial charge in [0.05, 0.1) is 7.11 Å². The lowest BCUT2D eigenvalue weighted by Gasteiger charge is -2.07. The van der Waals surface area contributed by atoms with Crippen LogP contribution in [0, 0.1) is 6.92 Å². The molecule has 0 radical (unpaired) electrons. The molecular weight excluding hydrogens is 248 g/mol. The maximum Gasteiger partial charge on any atom is 0.142 e. The number of aryl methyl sites for hydroxylation is 1. The third-order valence-electron chi connectivity index (χ3n) is 3.83. The number of benzene rings is 3. The predicted octanol–water partition coefficient (Wildman–Crippen LogP) is 5.06. The van der Waals surface area contributed by atoms with E-state index in [1.165, 1.54) is 21.5 Å². The smallest absolute Gasteiger partial charge is 0.142 e. The Morgan fingerprint density at radius 2 is 1.55 bits per heavy atom. The molecule has 0 amide bonds.